The molecule has 13 heteroatoms. The number of benzene rings is 3. The van der Waals surface area contributed by atoms with Crippen molar-refractivity contribution in [2.75, 3.05) is 19.0 Å². The highest BCUT2D eigenvalue weighted by Crippen LogP contribution is 2.39. The Kier molecular flexibility index (Phi) is 9.90. The van der Waals surface area contributed by atoms with Gasteiger partial charge in [-0.3, -0.25) is 9.36 Å². The first-order valence-electron chi connectivity index (χ1n) is 12.3. The third kappa shape index (κ3) is 7.57. The van der Waals surface area contributed by atoms with E-state index in [2.05, 4.69) is 15.5 Å². The monoisotopic (exact) mass is 608 g/mol. The molecule has 0 fully saturated rings. The average Bonchev–Trinajstić information content (AvgIpc) is 3.35. The van der Waals surface area contributed by atoms with Gasteiger partial charge in [0.25, 0.3) is 0 Å². The van der Waals surface area contributed by atoms with Crippen LogP contribution in [0.3, 0.4) is 0 Å². The number of anilines is 1. The predicted octanol–water partition coefficient (Wildman–Crippen LogP) is 7.35. The molecule has 1 N–H and O–H groups in total. The first-order chi connectivity index (χ1) is 19.6. The Balaban J connectivity index is 1.66. The molecule has 1 aromatic heterocycles. The summed E-state index contributed by atoms with van der Waals surface area (Å²) in [6.07, 6.45) is -4.62. The van der Waals surface area contributed by atoms with E-state index in [1.54, 1.807) is 47.0 Å². The largest absolute Gasteiger partial charge is 0.483 e. The maximum Gasteiger partial charge on any atom is 0.416 e. The number of rotatable bonds is 11. The van der Waals surface area contributed by atoms with Crippen molar-refractivity contribution in [2.24, 2.45) is 0 Å². The Morgan fingerprint density at radius 1 is 1.07 bits per heavy atom. The summed E-state index contributed by atoms with van der Waals surface area (Å²) in [5.41, 5.74) is -0.564. The van der Waals surface area contributed by atoms with Crippen LogP contribution in [0.2, 0.25) is 5.02 Å². The van der Waals surface area contributed by atoms with Gasteiger partial charge in [0.2, 0.25) is 5.91 Å². The van der Waals surface area contributed by atoms with Gasteiger partial charge in [0.1, 0.15) is 11.9 Å². The minimum Gasteiger partial charge on any atom is -0.483 e. The van der Waals surface area contributed by atoms with Crippen molar-refractivity contribution in [3.8, 4) is 5.75 Å². The Hall–Kier alpha value is -3.61. The van der Waals surface area contributed by atoms with Crippen LogP contribution >= 0.6 is 23.4 Å². The Bertz CT molecular complexity index is 1490. The molecule has 216 valence electrons. The lowest BCUT2D eigenvalue weighted by Crippen LogP contribution is -2.21. The van der Waals surface area contributed by atoms with E-state index in [0.29, 0.717) is 16.5 Å². The number of hydrogen-bond donors (Lipinski definition) is 1. The summed E-state index contributed by atoms with van der Waals surface area (Å²) in [7, 11) is 1.53. The molecule has 0 aliphatic rings. The minimum atomic E-state index is -4.62. The van der Waals surface area contributed by atoms with E-state index >= 15 is 0 Å². The van der Waals surface area contributed by atoms with E-state index in [-0.39, 0.29) is 35.7 Å². The molecule has 1 heterocycles. The third-order valence-electron chi connectivity index (χ3n) is 5.89. The fraction of sp³-hybridized carbons (Fsp3) is 0.250. The van der Waals surface area contributed by atoms with Gasteiger partial charge in [-0.1, -0.05) is 65.8 Å². The zero-order chi connectivity index (χ0) is 29.6. The van der Waals surface area contributed by atoms with Crippen molar-refractivity contribution in [3.63, 3.8) is 0 Å². The molecule has 7 nitrogen and oxygen atoms in total. The molecule has 0 aliphatic carbocycles. The molecule has 0 bridgehead atoms. The molecule has 4 rings (SSSR count). The maximum atomic E-state index is 14.1. The molecule has 41 heavy (non-hydrogen) atoms. The minimum absolute atomic E-state index is 0.0372. The second-order valence-electron chi connectivity index (χ2n) is 8.88. The van der Waals surface area contributed by atoms with E-state index < -0.39 is 28.7 Å². The maximum absolute atomic E-state index is 14.1. The van der Waals surface area contributed by atoms with Gasteiger partial charge in [-0.2, -0.15) is 13.2 Å². The molecule has 0 unspecified atom stereocenters. The Morgan fingerprint density at radius 2 is 1.78 bits per heavy atom. The molecular weight excluding hydrogens is 584 g/mol. The van der Waals surface area contributed by atoms with E-state index in [4.69, 9.17) is 21.1 Å². The van der Waals surface area contributed by atoms with Crippen molar-refractivity contribution < 1.29 is 31.8 Å². The van der Waals surface area contributed by atoms with Gasteiger partial charge in [-0.05, 0) is 42.8 Å². The number of para-hydroxylation sites is 1. The third-order valence-corrected chi connectivity index (χ3v) is 7.43. The second-order valence-corrected chi connectivity index (χ2v) is 10.4. The Morgan fingerprint density at radius 3 is 2.46 bits per heavy atom. The fourth-order valence-electron chi connectivity index (χ4n) is 3.95. The number of nitrogens with one attached hydrogen (secondary N) is 1. The summed E-state index contributed by atoms with van der Waals surface area (Å²) in [6.45, 7) is 1.99. The summed E-state index contributed by atoms with van der Waals surface area (Å²) in [6, 6.07) is 17.0. The highest BCUT2D eigenvalue weighted by molar-refractivity contribution is 8.00. The van der Waals surface area contributed by atoms with Crippen molar-refractivity contribution in [2.45, 2.75) is 36.2 Å². The van der Waals surface area contributed by atoms with Crippen LogP contribution in [-0.4, -0.2) is 34.4 Å². The SMILES string of the molecule is COC[C@@H](C)n1c(COc2ccccc2F)nnc1S[C@H](C(=O)Nc1cc(C(F)(F)F)ccc1Cl)c1ccccc1. The molecule has 0 aliphatic heterocycles. The summed E-state index contributed by atoms with van der Waals surface area (Å²) in [5.74, 6) is -0.767. The molecule has 2 atom stereocenters. The molecule has 0 radical (unpaired) electrons. The lowest BCUT2D eigenvalue weighted by molar-refractivity contribution is -0.137. The number of halogens is 5. The highest BCUT2D eigenvalue weighted by Gasteiger charge is 2.32. The van der Waals surface area contributed by atoms with Crippen LogP contribution in [0, 0.1) is 5.82 Å². The number of nitrogens with zero attached hydrogens (tertiary/aromatic N) is 3. The number of thioether (sulfide) groups is 1. The number of carbonyl (C=O) groups excluding carboxylic acids is 1. The van der Waals surface area contributed by atoms with Crippen LogP contribution in [0.15, 0.2) is 78.0 Å². The molecule has 0 saturated carbocycles. The van der Waals surface area contributed by atoms with Crippen LogP contribution in [0.1, 0.15) is 35.2 Å². The zero-order valence-electron chi connectivity index (χ0n) is 21.9. The van der Waals surface area contributed by atoms with Crippen molar-refractivity contribution in [3.05, 3.63) is 101 Å². The van der Waals surface area contributed by atoms with E-state index in [1.807, 2.05) is 6.92 Å². The molecule has 0 saturated heterocycles. The lowest BCUT2D eigenvalue weighted by atomic mass is 10.1. The summed E-state index contributed by atoms with van der Waals surface area (Å²) < 4.78 is 66.7. The Labute approximate surface area is 242 Å². The van der Waals surface area contributed by atoms with Crippen LogP contribution in [0.5, 0.6) is 5.75 Å². The summed E-state index contributed by atoms with van der Waals surface area (Å²) >= 11 is 7.17. The van der Waals surface area contributed by atoms with Crippen molar-refractivity contribution >= 4 is 35.0 Å². The van der Waals surface area contributed by atoms with Gasteiger partial charge < -0.3 is 14.8 Å². The van der Waals surface area contributed by atoms with Gasteiger partial charge >= 0.3 is 6.18 Å². The number of alkyl halides is 3. The highest BCUT2D eigenvalue weighted by atomic mass is 35.5. The normalized spacial score (nSPS) is 13.0. The number of methoxy groups -OCH3 is 1. The fourth-order valence-corrected chi connectivity index (χ4v) is 5.27. The molecule has 4 aromatic rings. The van der Waals surface area contributed by atoms with Gasteiger partial charge in [0.05, 0.1) is 28.9 Å². The number of aromatic nitrogens is 3. The first kappa shape index (κ1) is 30.4. The number of amides is 1. The molecular formula is C28H25ClF4N4O3S. The average molecular weight is 609 g/mol. The molecule has 3 aromatic carbocycles. The van der Waals surface area contributed by atoms with Crippen molar-refractivity contribution in [1.29, 1.82) is 0 Å². The lowest BCUT2D eigenvalue weighted by Gasteiger charge is -2.21. The van der Waals surface area contributed by atoms with Crippen molar-refractivity contribution in [1.82, 2.24) is 14.8 Å². The van der Waals surface area contributed by atoms with Crippen LogP contribution < -0.4 is 10.1 Å². The van der Waals surface area contributed by atoms with Gasteiger partial charge in [0.15, 0.2) is 22.5 Å². The van der Waals surface area contributed by atoms with E-state index in [0.717, 1.165) is 30.0 Å². The first-order valence-corrected chi connectivity index (χ1v) is 13.5. The summed E-state index contributed by atoms with van der Waals surface area (Å²) in [5, 5.41) is 10.3. The standard InChI is InChI=1S/C28H25ClF4N4O3S/c1-17(15-39-2)37-24(16-40-23-11-7-6-10-21(23)30)35-36-27(37)41-25(18-8-4-3-5-9-18)26(38)34-22-14-19(28(31,32)33)12-13-20(22)29/h3-14,17,25H,15-16H2,1-2H3,(H,34,38)/t17-,25+/m1/s1. The van der Waals surface area contributed by atoms with Gasteiger partial charge in [-0.25, -0.2) is 4.39 Å². The topological polar surface area (TPSA) is 78.3 Å². The quantitative estimate of drug-likeness (QED) is 0.142. The van der Waals surface area contributed by atoms with Crippen LogP contribution in [0.25, 0.3) is 0 Å². The van der Waals surface area contributed by atoms with E-state index in [9.17, 15) is 22.4 Å². The van der Waals surface area contributed by atoms with Gasteiger partial charge in [0, 0.05) is 7.11 Å². The van der Waals surface area contributed by atoms with Crippen LogP contribution in [-0.2, 0) is 22.3 Å². The zero-order valence-corrected chi connectivity index (χ0v) is 23.4. The number of hydrogen-bond acceptors (Lipinski definition) is 6. The number of carbonyl (C=O) groups is 1. The summed E-state index contributed by atoms with van der Waals surface area (Å²) in [4.78, 5) is 13.6. The van der Waals surface area contributed by atoms with Gasteiger partial charge in [-0.15, -0.1) is 10.2 Å². The van der Waals surface area contributed by atoms with E-state index in [1.165, 1.54) is 19.2 Å². The van der Waals surface area contributed by atoms with Crippen LogP contribution in [0.4, 0.5) is 23.2 Å². The smallest absolute Gasteiger partial charge is 0.416 e. The predicted molar refractivity (Wildman–Crippen MR) is 147 cm³/mol. The molecule has 1 amide bonds. The number of ether oxygens (including phenoxy) is 2. The second kappa shape index (κ2) is 13.4. The molecule has 0 spiro atoms.